The van der Waals surface area contributed by atoms with E-state index in [2.05, 4.69) is 132 Å². The molecule has 6 aromatic carbocycles. The van der Waals surface area contributed by atoms with Crippen LogP contribution in [0.2, 0.25) is 0 Å². The number of para-hydroxylation sites is 2. The van der Waals surface area contributed by atoms with Crippen molar-refractivity contribution in [3.63, 3.8) is 0 Å². The van der Waals surface area contributed by atoms with Crippen LogP contribution in [-0.4, -0.2) is 4.57 Å². The fourth-order valence-corrected chi connectivity index (χ4v) is 6.97. The first-order valence-electron chi connectivity index (χ1n) is 12.3. The van der Waals surface area contributed by atoms with Crippen molar-refractivity contribution in [2.75, 3.05) is 0 Å². The van der Waals surface area contributed by atoms with Crippen molar-refractivity contribution in [1.29, 1.82) is 0 Å². The van der Waals surface area contributed by atoms with Crippen LogP contribution >= 0.6 is 11.8 Å². The average molecular weight is 476 g/mol. The zero-order valence-electron chi connectivity index (χ0n) is 19.5. The summed E-state index contributed by atoms with van der Waals surface area (Å²) in [5, 5.41) is 5.25. The number of benzene rings is 6. The normalized spacial score (nSPS) is 12.3. The number of aromatic nitrogens is 1. The van der Waals surface area contributed by atoms with E-state index < -0.39 is 0 Å². The molecule has 0 unspecified atom stereocenters. The Bertz CT molecular complexity index is 1960. The van der Waals surface area contributed by atoms with Crippen molar-refractivity contribution in [3.05, 3.63) is 127 Å². The molecular weight excluding hydrogens is 454 g/mol. The van der Waals surface area contributed by atoms with E-state index in [4.69, 9.17) is 0 Å². The van der Waals surface area contributed by atoms with Crippen molar-refractivity contribution in [1.82, 2.24) is 4.57 Å². The maximum absolute atomic E-state index is 2.38. The second kappa shape index (κ2) is 7.61. The molecule has 36 heavy (non-hydrogen) atoms. The molecular formula is C34H21NS. The Labute approximate surface area is 213 Å². The first-order valence-corrected chi connectivity index (χ1v) is 13.1. The third-order valence-electron chi connectivity index (χ3n) is 7.40. The molecule has 2 heteroatoms. The summed E-state index contributed by atoms with van der Waals surface area (Å²) in [5.41, 5.74) is 8.87. The van der Waals surface area contributed by atoms with E-state index in [1.165, 1.54) is 70.3 Å². The lowest BCUT2D eigenvalue weighted by Gasteiger charge is -2.21. The highest BCUT2D eigenvalue weighted by Crippen LogP contribution is 2.49. The highest BCUT2D eigenvalue weighted by Gasteiger charge is 2.21. The van der Waals surface area contributed by atoms with Crippen LogP contribution in [0.5, 0.6) is 0 Å². The molecule has 7 aromatic rings. The van der Waals surface area contributed by atoms with E-state index in [1.807, 2.05) is 11.8 Å². The van der Waals surface area contributed by atoms with Crippen LogP contribution in [-0.2, 0) is 0 Å². The van der Waals surface area contributed by atoms with Crippen LogP contribution in [0, 0.1) is 0 Å². The molecule has 0 spiro atoms. The average Bonchev–Trinajstić information content (AvgIpc) is 3.27. The van der Waals surface area contributed by atoms with Gasteiger partial charge in [0.1, 0.15) is 0 Å². The quantitative estimate of drug-likeness (QED) is 0.241. The Morgan fingerprint density at radius 3 is 2.11 bits per heavy atom. The lowest BCUT2D eigenvalue weighted by Crippen LogP contribution is -1.94. The number of hydrogen-bond donors (Lipinski definition) is 0. The number of rotatable bonds is 2. The number of fused-ring (bicyclic) bond motifs is 5. The van der Waals surface area contributed by atoms with Crippen LogP contribution in [0.25, 0.3) is 60.5 Å². The van der Waals surface area contributed by atoms with Gasteiger partial charge >= 0.3 is 0 Å². The Hall–Kier alpha value is -4.27. The zero-order valence-corrected chi connectivity index (χ0v) is 20.3. The molecule has 1 nitrogen and oxygen atoms in total. The molecule has 0 aliphatic carbocycles. The van der Waals surface area contributed by atoms with Gasteiger partial charge in [-0.1, -0.05) is 96.7 Å². The summed E-state index contributed by atoms with van der Waals surface area (Å²) < 4.78 is 2.37. The molecule has 0 atom stereocenters. The first kappa shape index (κ1) is 20.0. The third kappa shape index (κ3) is 2.79. The van der Waals surface area contributed by atoms with Gasteiger partial charge in [-0.15, -0.1) is 0 Å². The van der Waals surface area contributed by atoms with Gasteiger partial charge in [0.05, 0.1) is 11.0 Å². The van der Waals surface area contributed by atoms with E-state index >= 15 is 0 Å². The van der Waals surface area contributed by atoms with Crippen LogP contribution in [0.15, 0.2) is 137 Å². The maximum atomic E-state index is 2.38. The third-order valence-corrected chi connectivity index (χ3v) is 8.53. The molecule has 0 saturated heterocycles. The van der Waals surface area contributed by atoms with E-state index in [0.29, 0.717) is 0 Å². The highest BCUT2D eigenvalue weighted by atomic mass is 32.2. The van der Waals surface area contributed by atoms with Gasteiger partial charge in [0.15, 0.2) is 0 Å². The summed E-state index contributed by atoms with van der Waals surface area (Å²) in [7, 11) is 0. The molecule has 1 aliphatic heterocycles. The number of nitrogens with zero attached hydrogens (tertiary/aromatic N) is 1. The second-order valence-corrected chi connectivity index (χ2v) is 10.4. The topological polar surface area (TPSA) is 4.93 Å². The van der Waals surface area contributed by atoms with Crippen molar-refractivity contribution < 1.29 is 0 Å². The zero-order chi connectivity index (χ0) is 23.6. The summed E-state index contributed by atoms with van der Waals surface area (Å²) in [6.07, 6.45) is 0. The van der Waals surface area contributed by atoms with Gasteiger partial charge in [-0.3, -0.25) is 0 Å². The predicted octanol–water partition coefficient (Wildman–Crippen LogP) is 9.74. The molecule has 1 aliphatic rings. The molecule has 0 fully saturated rings. The first-order chi connectivity index (χ1) is 17.9. The fourth-order valence-electron chi connectivity index (χ4n) is 5.83. The Balaban J connectivity index is 1.40. The fraction of sp³-hybridized carbons (Fsp3) is 0. The maximum Gasteiger partial charge on any atom is 0.0541 e. The molecule has 2 heterocycles. The van der Waals surface area contributed by atoms with Crippen molar-refractivity contribution >= 4 is 44.3 Å². The molecule has 0 saturated carbocycles. The summed E-state index contributed by atoms with van der Waals surface area (Å²) in [5.74, 6) is 0. The largest absolute Gasteiger partial charge is 0.309 e. The number of hydrogen-bond acceptors (Lipinski definition) is 1. The Morgan fingerprint density at radius 1 is 0.444 bits per heavy atom. The van der Waals surface area contributed by atoms with Crippen LogP contribution in [0.3, 0.4) is 0 Å². The molecule has 1 aromatic heterocycles. The minimum absolute atomic E-state index is 1.19. The standard InChI is InChI=1S/C34H21NS/c1-2-9-23(10-3-1)35-30-14-6-4-11-25(30)29-21-22(17-20-31(29)35)24-18-19-28-26-12-5-7-15-32(26)36-33-16-8-13-27(24)34(28)33/h1-21H. The summed E-state index contributed by atoms with van der Waals surface area (Å²) in [6.45, 7) is 0. The predicted molar refractivity (Wildman–Crippen MR) is 153 cm³/mol. The second-order valence-electron chi connectivity index (χ2n) is 9.36. The lowest BCUT2D eigenvalue weighted by molar-refractivity contribution is 1.18. The summed E-state index contributed by atoms with van der Waals surface area (Å²) in [6, 6.07) is 46.5. The molecule has 8 rings (SSSR count). The molecule has 0 N–H and O–H groups in total. The smallest absolute Gasteiger partial charge is 0.0541 e. The van der Waals surface area contributed by atoms with Gasteiger partial charge in [-0.05, 0) is 70.1 Å². The minimum Gasteiger partial charge on any atom is -0.309 e. The van der Waals surface area contributed by atoms with E-state index in [9.17, 15) is 0 Å². The van der Waals surface area contributed by atoms with Gasteiger partial charge in [0, 0.05) is 31.6 Å². The van der Waals surface area contributed by atoms with Crippen LogP contribution in [0.4, 0.5) is 0 Å². The minimum atomic E-state index is 1.19. The van der Waals surface area contributed by atoms with Crippen LogP contribution < -0.4 is 0 Å². The summed E-state index contributed by atoms with van der Waals surface area (Å²) >= 11 is 1.88. The molecule has 0 bridgehead atoms. The van der Waals surface area contributed by atoms with Crippen molar-refractivity contribution in [2.45, 2.75) is 9.79 Å². The van der Waals surface area contributed by atoms with Gasteiger partial charge in [-0.2, -0.15) is 0 Å². The molecule has 168 valence electrons. The van der Waals surface area contributed by atoms with Gasteiger partial charge < -0.3 is 4.57 Å². The van der Waals surface area contributed by atoms with Crippen molar-refractivity contribution in [2.24, 2.45) is 0 Å². The van der Waals surface area contributed by atoms with Crippen LogP contribution in [0.1, 0.15) is 0 Å². The van der Waals surface area contributed by atoms with E-state index in [-0.39, 0.29) is 0 Å². The van der Waals surface area contributed by atoms with E-state index in [1.54, 1.807) is 0 Å². The van der Waals surface area contributed by atoms with Crippen molar-refractivity contribution in [3.8, 4) is 27.9 Å². The lowest BCUT2D eigenvalue weighted by atomic mass is 9.91. The Kier molecular flexibility index (Phi) is 4.22. The molecule has 0 amide bonds. The Morgan fingerprint density at radius 2 is 1.17 bits per heavy atom. The monoisotopic (exact) mass is 475 g/mol. The van der Waals surface area contributed by atoms with Gasteiger partial charge in [-0.25, -0.2) is 0 Å². The van der Waals surface area contributed by atoms with Gasteiger partial charge in [0.2, 0.25) is 0 Å². The SMILES string of the molecule is c1ccc(-n2c3ccccc3c3cc(-c4ccc5c6c(cccc46)Sc4ccccc4-5)ccc32)cc1. The van der Waals surface area contributed by atoms with Gasteiger partial charge in [0.25, 0.3) is 0 Å². The van der Waals surface area contributed by atoms with E-state index in [0.717, 1.165) is 0 Å². The summed E-state index contributed by atoms with van der Waals surface area (Å²) in [4.78, 5) is 2.67. The highest BCUT2D eigenvalue weighted by molar-refractivity contribution is 7.99. The molecule has 0 radical (unpaired) electrons.